The molecule has 0 N–H and O–H groups in total. The van der Waals surface area contributed by atoms with Crippen molar-refractivity contribution in [1.29, 1.82) is 0 Å². The zero-order chi connectivity index (χ0) is 12.1. The summed E-state index contributed by atoms with van der Waals surface area (Å²) in [7, 11) is 0. The predicted octanol–water partition coefficient (Wildman–Crippen LogP) is 5.60. The maximum Gasteiger partial charge on any atom is 0.0479 e. The molecule has 0 bridgehead atoms. The van der Waals surface area contributed by atoms with Gasteiger partial charge in [0.15, 0.2) is 0 Å². The first-order chi connectivity index (χ1) is 7.54. The van der Waals surface area contributed by atoms with Gasteiger partial charge in [0.1, 0.15) is 0 Å². The number of aryl methyl sites for hydroxylation is 1. The molecule has 84 valence electrons. The lowest BCUT2D eigenvalue weighted by Gasteiger charge is -2.07. The molecule has 0 atom stereocenters. The van der Waals surface area contributed by atoms with E-state index in [1.165, 1.54) is 11.1 Å². The monoisotopic (exact) mass is 294 g/mol. The molecule has 0 amide bonds. The maximum absolute atomic E-state index is 4.04. The van der Waals surface area contributed by atoms with Crippen LogP contribution in [0.1, 0.15) is 23.6 Å². The molecule has 0 aromatic heterocycles. The van der Waals surface area contributed by atoms with Crippen molar-refractivity contribution in [3.05, 3.63) is 57.9 Å². The molecule has 0 radical (unpaired) electrons. The minimum atomic E-state index is 0.880. The van der Waals surface area contributed by atoms with Crippen LogP contribution < -0.4 is 0 Å². The zero-order valence-electron chi connectivity index (χ0n) is 9.59. The van der Waals surface area contributed by atoms with E-state index in [9.17, 15) is 0 Å². The highest BCUT2D eigenvalue weighted by atomic mass is 79.9. The first kappa shape index (κ1) is 13.3. The summed E-state index contributed by atoms with van der Waals surface area (Å²) < 4.78 is 0.880. The first-order valence-corrected chi connectivity index (χ1v) is 6.60. The van der Waals surface area contributed by atoms with Crippen LogP contribution in [0, 0.1) is 6.92 Å². The fourth-order valence-electron chi connectivity index (χ4n) is 1.37. The van der Waals surface area contributed by atoms with E-state index in [1.807, 2.05) is 13.0 Å². The summed E-state index contributed by atoms with van der Waals surface area (Å²) in [4.78, 5) is 1.01. The summed E-state index contributed by atoms with van der Waals surface area (Å²) in [5, 5.41) is 0. The van der Waals surface area contributed by atoms with Crippen LogP contribution in [0.15, 0.2) is 41.2 Å². The number of halogens is 1. The third-order valence-corrected chi connectivity index (χ3v) is 3.37. The van der Waals surface area contributed by atoms with Gasteiger partial charge in [0.05, 0.1) is 0 Å². The average molecular weight is 295 g/mol. The molecule has 0 nitrogen and oxygen atoms in total. The lowest BCUT2D eigenvalue weighted by molar-refractivity contribution is 1.43. The number of hydrogen-bond acceptors (Lipinski definition) is 1. The van der Waals surface area contributed by atoms with Gasteiger partial charge in [-0.3, -0.25) is 0 Å². The molecule has 0 saturated heterocycles. The quantitative estimate of drug-likeness (QED) is 0.697. The second-order valence-electron chi connectivity index (χ2n) is 3.45. The summed E-state index contributed by atoms with van der Waals surface area (Å²) >= 11 is 4.87. The number of thioether (sulfide) groups is 1. The Morgan fingerprint density at radius 2 is 2.06 bits per heavy atom. The lowest BCUT2D eigenvalue weighted by Crippen LogP contribution is -1.84. The van der Waals surface area contributed by atoms with E-state index in [0.29, 0.717) is 0 Å². The maximum atomic E-state index is 4.04. The Labute approximate surface area is 110 Å². The van der Waals surface area contributed by atoms with E-state index < -0.39 is 0 Å². The van der Waals surface area contributed by atoms with Crippen LogP contribution in [0.4, 0.5) is 0 Å². The molecule has 1 aromatic carbocycles. The standard InChI is InChI=1S/C14H15BrS/c1-5-6-13-9-14(8-7-10(13)2)11(3)16-12(4)15/h5-9H,3-4H2,1-2H3/b6-5-. The largest absolute Gasteiger partial charge is 0.0871 e. The third-order valence-electron chi connectivity index (χ3n) is 2.18. The molecule has 0 fully saturated rings. The minimum absolute atomic E-state index is 0.880. The fraction of sp³-hybridized carbons (Fsp3) is 0.143. The highest BCUT2D eigenvalue weighted by molar-refractivity contribution is 9.14. The van der Waals surface area contributed by atoms with Crippen LogP contribution in [0.5, 0.6) is 0 Å². The summed E-state index contributed by atoms with van der Waals surface area (Å²) in [6.07, 6.45) is 4.16. The second-order valence-corrected chi connectivity index (χ2v) is 6.12. The third kappa shape index (κ3) is 3.69. The Kier molecular flexibility index (Phi) is 5.10. The average Bonchev–Trinajstić information content (AvgIpc) is 2.20. The topological polar surface area (TPSA) is 0 Å². The van der Waals surface area contributed by atoms with Gasteiger partial charge >= 0.3 is 0 Å². The number of allylic oxidation sites excluding steroid dienone is 1. The Balaban J connectivity index is 3.02. The number of rotatable bonds is 4. The zero-order valence-corrected chi connectivity index (χ0v) is 12.0. The molecule has 1 aromatic rings. The van der Waals surface area contributed by atoms with Crippen molar-refractivity contribution in [2.24, 2.45) is 0 Å². The molecule has 0 heterocycles. The van der Waals surface area contributed by atoms with Crippen molar-refractivity contribution < 1.29 is 0 Å². The molecule has 0 unspecified atom stereocenters. The van der Waals surface area contributed by atoms with Gasteiger partial charge in [0.2, 0.25) is 0 Å². The van der Waals surface area contributed by atoms with E-state index in [2.05, 4.69) is 60.3 Å². The van der Waals surface area contributed by atoms with E-state index >= 15 is 0 Å². The van der Waals surface area contributed by atoms with Crippen molar-refractivity contribution in [2.45, 2.75) is 13.8 Å². The molecule has 0 aliphatic carbocycles. The fourth-order valence-corrected chi connectivity index (χ4v) is 2.46. The van der Waals surface area contributed by atoms with E-state index in [1.54, 1.807) is 11.8 Å². The molecule has 0 aliphatic heterocycles. The smallest absolute Gasteiger partial charge is 0.0479 e. The predicted molar refractivity (Wildman–Crippen MR) is 80.6 cm³/mol. The van der Waals surface area contributed by atoms with Gasteiger partial charge in [-0.25, -0.2) is 0 Å². The molecular formula is C14H15BrS. The Morgan fingerprint density at radius 1 is 1.38 bits per heavy atom. The molecule has 2 heteroatoms. The molecule has 0 spiro atoms. The molecule has 1 rings (SSSR count). The van der Waals surface area contributed by atoms with Crippen molar-refractivity contribution in [1.82, 2.24) is 0 Å². The highest BCUT2D eigenvalue weighted by Crippen LogP contribution is 2.34. The van der Waals surface area contributed by atoms with Crippen LogP contribution in [0.2, 0.25) is 0 Å². The van der Waals surface area contributed by atoms with E-state index in [4.69, 9.17) is 0 Å². The van der Waals surface area contributed by atoms with Crippen LogP contribution >= 0.6 is 27.7 Å². The van der Waals surface area contributed by atoms with Crippen molar-refractivity contribution in [3.63, 3.8) is 0 Å². The lowest BCUT2D eigenvalue weighted by atomic mass is 10.0. The Hall–Kier alpha value is -0.730. The first-order valence-electron chi connectivity index (χ1n) is 4.99. The molecular weight excluding hydrogens is 280 g/mol. The van der Waals surface area contributed by atoms with Gasteiger partial charge in [0.25, 0.3) is 0 Å². The van der Waals surface area contributed by atoms with Gasteiger partial charge in [-0.2, -0.15) is 0 Å². The van der Waals surface area contributed by atoms with Gasteiger partial charge in [-0.05, 0) is 52.5 Å². The summed E-state index contributed by atoms with van der Waals surface area (Å²) in [5.74, 6) is 0. The minimum Gasteiger partial charge on any atom is -0.0871 e. The SMILES string of the molecule is C=C(Br)SC(=C)c1ccc(C)c(/C=C\C)c1. The van der Waals surface area contributed by atoms with Crippen LogP contribution in [0.25, 0.3) is 11.0 Å². The van der Waals surface area contributed by atoms with E-state index in [-0.39, 0.29) is 0 Å². The van der Waals surface area contributed by atoms with Crippen LogP contribution in [-0.2, 0) is 0 Å². The van der Waals surface area contributed by atoms with Gasteiger partial charge in [0, 0.05) is 8.72 Å². The van der Waals surface area contributed by atoms with Gasteiger partial charge in [-0.1, -0.05) is 49.2 Å². The number of benzene rings is 1. The van der Waals surface area contributed by atoms with Crippen molar-refractivity contribution >= 4 is 38.7 Å². The number of hydrogen-bond donors (Lipinski definition) is 0. The molecule has 0 aliphatic rings. The Morgan fingerprint density at radius 3 is 2.62 bits per heavy atom. The van der Waals surface area contributed by atoms with Crippen molar-refractivity contribution in [2.75, 3.05) is 0 Å². The summed E-state index contributed by atoms with van der Waals surface area (Å²) in [6.45, 7) is 12.0. The normalized spacial score (nSPS) is 10.7. The Bertz CT molecular complexity index is 444. The second kappa shape index (κ2) is 6.12. The molecule has 16 heavy (non-hydrogen) atoms. The van der Waals surface area contributed by atoms with Crippen LogP contribution in [0.3, 0.4) is 0 Å². The highest BCUT2D eigenvalue weighted by Gasteiger charge is 2.03. The van der Waals surface area contributed by atoms with Crippen molar-refractivity contribution in [3.8, 4) is 0 Å². The van der Waals surface area contributed by atoms with Gasteiger partial charge < -0.3 is 0 Å². The van der Waals surface area contributed by atoms with E-state index in [0.717, 1.165) is 14.3 Å². The van der Waals surface area contributed by atoms with Crippen LogP contribution in [-0.4, -0.2) is 0 Å². The summed E-state index contributed by atoms with van der Waals surface area (Å²) in [6, 6.07) is 6.36. The molecule has 0 saturated carbocycles. The summed E-state index contributed by atoms with van der Waals surface area (Å²) in [5.41, 5.74) is 3.66. The van der Waals surface area contributed by atoms with Gasteiger partial charge in [-0.15, -0.1) is 0 Å².